The number of hydrogen-bond donors (Lipinski definition) is 0. The molecule has 6 rings (SSSR count). The molecular formula is C33H47FN6O4S. The van der Waals surface area contributed by atoms with Gasteiger partial charge in [0.25, 0.3) is 12.2 Å². The molecule has 0 N–H and O–H groups in total. The summed E-state index contributed by atoms with van der Waals surface area (Å²) in [5, 5.41) is 11.9. The number of carbonyl (C=O) groups excluding carboxylic acids is 1. The van der Waals surface area contributed by atoms with Gasteiger partial charge in [-0.3, -0.25) is 14.6 Å². The highest BCUT2D eigenvalue weighted by atomic mass is 32.2. The van der Waals surface area contributed by atoms with Crippen LogP contribution in [0.5, 0.6) is 0 Å². The van der Waals surface area contributed by atoms with Gasteiger partial charge in [-0.05, 0) is 82.9 Å². The summed E-state index contributed by atoms with van der Waals surface area (Å²) in [7, 11) is -3.19. The maximum absolute atomic E-state index is 14.5. The zero-order chi connectivity index (χ0) is 32.1. The Morgan fingerprint density at radius 2 is 1.76 bits per heavy atom. The van der Waals surface area contributed by atoms with Gasteiger partial charge in [0.2, 0.25) is 10.0 Å². The predicted molar refractivity (Wildman–Crippen MR) is 169 cm³/mol. The van der Waals surface area contributed by atoms with Crippen molar-refractivity contribution >= 4 is 15.9 Å². The zero-order valence-corrected chi connectivity index (χ0v) is 27.8. The van der Waals surface area contributed by atoms with Crippen LogP contribution in [0.2, 0.25) is 0 Å². The Morgan fingerprint density at radius 1 is 1.07 bits per heavy atom. The summed E-state index contributed by atoms with van der Waals surface area (Å²) in [6.45, 7) is 12.8. The van der Waals surface area contributed by atoms with Crippen LogP contribution in [0.4, 0.5) is 4.39 Å². The monoisotopic (exact) mass is 642 g/mol. The SMILES string of the molecule is Cc1nc[n+]([O-])c(C)c1C(=O)N1CCC(C)(N2CCN([C@H](c3cccc(F)c3)C3CCN(S(=O)(=O)C4CC4)CC3)[C@H](C)C2)CC1. The Balaban J connectivity index is 1.12. The van der Waals surface area contributed by atoms with Gasteiger partial charge < -0.3 is 10.1 Å². The van der Waals surface area contributed by atoms with Crippen LogP contribution in [0.25, 0.3) is 0 Å². The highest BCUT2D eigenvalue weighted by molar-refractivity contribution is 7.90. The van der Waals surface area contributed by atoms with E-state index in [-0.39, 0.29) is 40.5 Å². The van der Waals surface area contributed by atoms with Crippen LogP contribution >= 0.6 is 0 Å². The lowest BCUT2D eigenvalue weighted by Gasteiger charge is -2.54. The molecule has 0 radical (unpaired) electrons. The number of piperidine rings is 2. The smallest absolute Gasteiger partial charge is 0.289 e. The minimum atomic E-state index is -3.19. The number of benzene rings is 1. The molecule has 1 aromatic heterocycles. The van der Waals surface area contributed by atoms with Gasteiger partial charge in [-0.1, -0.05) is 17.1 Å². The molecule has 2 aromatic rings. The number of halogens is 1. The molecule has 3 aliphatic heterocycles. The van der Waals surface area contributed by atoms with E-state index in [2.05, 4.69) is 28.6 Å². The molecule has 1 aliphatic carbocycles. The normalized spacial score (nSPS) is 24.9. The van der Waals surface area contributed by atoms with Gasteiger partial charge in [0.1, 0.15) is 17.1 Å². The number of piperazine rings is 1. The van der Waals surface area contributed by atoms with Crippen LogP contribution < -0.4 is 4.73 Å². The fraction of sp³-hybridized carbons (Fsp3) is 0.667. The second kappa shape index (κ2) is 12.5. The van der Waals surface area contributed by atoms with Gasteiger partial charge in [-0.15, -0.1) is 0 Å². The van der Waals surface area contributed by atoms with E-state index >= 15 is 0 Å². The molecule has 1 saturated carbocycles. The molecule has 246 valence electrons. The first-order valence-electron chi connectivity index (χ1n) is 16.5. The van der Waals surface area contributed by atoms with E-state index in [1.54, 1.807) is 30.3 Å². The fourth-order valence-electron chi connectivity index (χ4n) is 7.96. The molecule has 0 bridgehead atoms. The van der Waals surface area contributed by atoms with E-state index in [9.17, 15) is 22.8 Å². The second-order valence-electron chi connectivity index (χ2n) is 13.9. The van der Waals surface area contributed by atoms with Crippen LogP contribution in [0.15, 0.2) is 30.6 Å². The number of aryl methyl sites for hydroxylation is 1. The van der Waals surface area contributed by atoms with E-state index in [1.807, 2.05) is 11.0 Å². The third-order valence-corrected chi connectivity index (χ3v) is 13.4. The highest BCUT2D eigenvalue weighted by Crippen LogP contribution is 2.41. The summed E-state index contributed by atoms with van der Waals surface area (Å²) in [5.41, 5.74) is 2.26. The molecule has 0 unspecified atom stereocenters. The first kappa shape index (κ1) is 32.3. The number of rotatable bonds is 7. The van der Waals surface area contributed by atoms with Gasteiger partial charge in [0, 0.05) is 70.4 Å². The first-order chi connectivity index (χ1) is 21.4. The summed E-state index contributed by atoms with van der Waals surface area (Å²) in [4.78, 5) is 24.5. The Morgan fingerprint density at radius 3 is 2.38 bits per heavy atom. The van der Waals surface area contributed by atoms with Crippen LogP contribution in [0.1, 0.15) is 85.7 Å². The zero-order valence-electron chi connectivity index (χ0n) is 27.0. The molecule has 0 spiro atoms. The number of carbonyl (C=O) groups is 1. The molecular weight excluding hydrogens is 595 g/mol. The molecule has 4 aliphatic rings. The standard InChI is InChI=1S/C33H47FN6O4S/c1-23-21-37(33(4)12-16-36(17-13-33)32(41)30-24(2)35-22-40(42)25(30)3)18-19-39(23)31(27-6-5-7-28(34)20-27)26-10-14-38(15-11-26)45(43,44)29-8-9-29/h5-7,20,22-23,26,29,31H,8-19,21H2,1-4H3/t23-,31+/m1/s1. The summed E-state index contributed by atoms with van der Waals surface area (Å²) in [5.74, 6) is -0.131. The van der Waals surface area contributed by atoms with Crippen LogP contribution in [-0.2, 0) is 10.0 Å². The Bertz CT molecular complexity index is 1520. The number of amides is 1. The maximum atomic E-state index is 14.5. The predicted octanol–water partition coefficient (Wildman–Crippen LogP) is 3.42. The second-order valence-corrected chi connectivity index (χ2v) is 16.1. The Hall–Kier alpha value is -2.67. The van der Waals surface area contributed by atoms with Crippen LogP contribution in [0.3, 0.4) is 0 Å². The summed E-state index contributed by atoms with van der Waals surface area (Å²) in [6.07, 6.45) is 5.96. The van der Waals surface area contributed by atoms with Crippen molar-refractivity contribution in [3.8, 4) is 0 Å². The average molecular weight is 643 g/mol. The van der Waals surface area contributed by atoms with Crippen molar-refractivity contribution in [3.63, 3.8) is 0 Å². The fourth-order valence-corrected chi connectivity index (χ4v) is 9.83. The van der Waals surface area contributed by atoms with Crippen LogP contribution in [0, 0.1) is 30.8 Å². The first-order valence-corrected chi connectivity index (χ1v) is 18.0. The van der Waals surface area contributed by atoms with Crippen molar-refractivity contribution < 1.29 is 22.3 Å². The van der Waals surface area contributed by atoms with Crippen molar-refractivity contribution in [2.75, 3.05) is 45.8 Å². The molecule has 4 heterocycles. The quantitative estimate of drug-likeness (QED) is 0.337. The number of nitrogens with zero attached hydrogens (tertiary/aromatic N) is 6. The minimum absolute atomic E-state index is 0.0191. The average Bonchev–Trinajstić information content (AvgIpc) is 3.88. The number of sulfonamides is 1. The van der Waals surface area contributed by atoms with Crippen LogP contribution in [-0.4, -0.2) is 101 Å². The van der Waals surface area contributed by atoms with E-state index in [1.165, 1.54) is 12.4 Å². The Kier molecular flexibility index (Phi) is 8.97. The van der Waals surface area contributed by atoms with Gasteiger partial charge in [0.15, 0.2) is 5.69 Å². The highest BCUT2D eigenvalue weighted by Gasteiger charge is 2.45. The molecule has 3 saturated heterocycles. The van der Waals surface area contributed by atoms with Gasteiger partial charge in [-0.25, -0.2) is 21.8 Å². The van der Waals surface area contributed by atoms with E-state index in [0.717, 1.165) is 63.7 Å². The number of hydrogen-bond acceptors (Lipinski definition) is 7. The lowest BCUT2D eigenvalue weighted by molar-refractivity contribution is -0.615. The van der Waals surface area contributed by atoms with Gasteiger partial charge in [-0.2, -0.15) is 0 Å². The number of aromatic nitrogens is 2. The summed E-state index contributed by atoms with van der Waals surface area (Å²) < 4.78 is 42.7. The number of likely N-dealkylation sites (tertiary alicyclic amines) is 1. The van der Waals surface area contributed by atoms with Crippen molar-refractivity contribution in [1.82, 2.24) is 24.0 Å². The summed E-state index contributed by atoms with van der Waals surface area (Å²) in [6, 6.07) is 7.18. The molecule has 12 heteroatoms. The lowest BCUT2D eigenvalue weighted by atomic mass is 9.82. The van der Waals surface area contributed by atoms with E-state index in [0.29, 0.717) is 47.9 Å². The lowest BCUT2D eigenvalue weighted by Crippen LogP contribution is -2.63. The molecule has 1 aromatic carbocycles. The van der Waals surface area contributed by atoms with Crippen molar-refractivity contribution in [2.24, 2.45) is 5.92 Å². The maximum Gasteiger partial charge on any atom is 0.289 e. The molecule has 1 amide bonds. The molecule has 10 nitrogen and oxygen atoms in total. The summed E-state index contributed by atoms with van der Waals surface area (Å²) >= 11 is 0. The van der Waals surface area contributed by atoms with E-state index < -0.39 is 10.0 Å². The topological polar surface area (TPSA) is 104 Å². The third-order valence-electron chi connectivity index (χ3n) is 11.0. The third kappa shape index (κ3) is 6.35. The van der Waals surface area contributed by atoms with Crippen molar-refractivity contribution in [3.05, 3.63) is 64.1 Å². The molecule has 4 fully saturated rings. The molecule has 2 atom stereocenters. The van der Waals surface area contributed by atoms with Gasteiger partial charge in [0.05, 0.1) is 5.25 Å². The minimum Gasteiger partial charge on any atom is -0.711 e. The van der Waals surface area contributed by atoms with Crippen molar-refractivity contribution in [1.29, 1.82) is 0 Å². The Labute approximate surface area is 266 Å². The van der Waals surface area contributed by atoms with Crippen molar-refractivity contribution in [2.45, 2.75) is 89.1 Å². The molecule has 45 heavy (non-hydrogen) atoms. The van der Waals surface area contributed by atoms with Gasteiger partial charge >= 0.3 is 0 Å². The largest absolute Gasteiger partial charge is 0.711 e. The van der Waals surface area contributed by atoms with E-state index in [4.69, 9.17) is 0 Å².